The maximum absolute atomic E-state index is 13.1. The molecule has 1 aromatic carbocycles. The van der Waals surface area contributed by atoms with Crippen LogP contribution in [0.4, 0.5) is 18.3 Å². The molecule has 34 heavy (non-hydrogen) atoms. The molecule has 182 valence electrons. The number of hydrogen-bond acceptors (Lipinski definition) is 10. The van der Waals surface area contributed by atoms with Crippen molar-refractivity contribution in [2.24, 2.45) is 0 Å². The minimum Gasteiger partial charge on any atom is -0.480 e. The molecule has 0 radical (unpaired) electrons. The van der Waals surface area contributed by atoms with Crippen LogP contribution in [0.2, 0.25) is 0 Å². The summed E-state index contributed by atoms with van der Waals surface area (Å²) in [5, 5.41) is 17.8. The van der Waals surface area contributed by atoms with Gasteiger partial charge in [-0.05, 0) is 24.3 Å². The second-order valence-corrected chi connectivity index (χ2v) is 9.87. The van der Waals surface area contributed by atoms with E-state index >= 15 is 0 Å². The first-order valence-electron chi connectivity index (χ1n) is 9.51. The number of aliphatic carboxylic acids is 1. The van der Waals surface area contributed by atoms with Crippen molar-refractivity contribution in [3.8, 4) is 11.6 Å². The van der Waals surface area contributed by atoms with Gasteiger partial charge in [0.05, 0.1) is 18.2 Å². The number of ether oxygens (including phenoxy) is 2. The molecule has 0 saturated carbocycles. The van der Waals surface area contributed by atoms with Gasteiger partial charge in [0.25, 0.3) is 5.88 Å². The fraction of sp³-hybridized carbons (Fsp3) is 0.333. The summed E-state index contributed by atoms with van der Waals surface area (Å²) in [6.07, 6.45) is -3.50. The lowest BCUT2D eigenvalue weighted by Gasteiger charge is -2.38. The summed E-state index contributed by atoms with van der Waals surface area (Å²) in [5.41, 5.74) is 0.495. The Kier molecular flexibility index (Phi) is 6.22. The highest BCUT2D eigenvalue weighted by atomic mass is 32.2. The number of sulfonamides is 1. The van der Waals surface area contributed by atoms with Gasteiger partial charge in [0.1, 0.15) is 22.0 Å². The van der Waals surface area contributed by atoms with E-state index in [0.717, 1.165) is 28.6 Å². The molecule has 1 aliphatic rings. The number of halogens is 3. The zero-order chi connectivity index (χ0) is 24.7. The molecular formula is C18H16F3N5O6S2. The molecule has 16 heteroatoms. The SMILES string of the molecule is COc1nncc2nc(N3CCN(S(=O)(=O)c4ccc(OC(F)(F)F)cc4)[C@@H](C(=O)O)C3)sc12. The molecule has 1 N–H and O–H groups in total. The van der Waals surface area contributed by atoms with Gasteiger partial charge in [-0.1, -0.05) is 11.3 Å². The third-order valence-electron chi connectivity index (χ3n) is 4.91. The number of thiazole rings is 1. The van der Waals surface area contributed by atoms with Crippen LogP contribution in [0.5, 0.6) is 11.6 Å². The average molecular weight is 519 g/mol. The molecule has 1 aliphatic heterocycles. The predicted molar refractivity (Wildman–Crippen MR) is 112 cm³/mol. The molecule has 2 aromatic heterocycles. The largest absolute Gasteiger partial charge is 0.573 e. The standard InChI is InChI=1S/C18H16F3N5O6S2/c1-31-15-14-12(8-22-24-15)23-17(33-14)25-6-7-26(13(9-25)16(27)28)34(29,30)11-4-2-10(3-5-11)32-18(19,20)21/h2-5,8,13H,6-7,9H2,1H3,(H,27,28)/t13-/m1/s1. The lowest BCUT2D eigenvalue weighted by Crippen LogP contribution is -2.58. The van der Waals surface area contributed by atoms with Gasteiger partial charge in [0, 0.05) is 19.6 Å². The maximum atomic E-state index is 13.1. The van der Waals surface area contributed by atoms with Gasteiger partial charge >= 0.3 is 12.3 Å². The van der Waals surface area contributed by atoms with Gasteiger partial charge in [-0.2, -0.15) is 9.40 Å². The first-order chi connectivity index (χ1) is 16.0. The molecule has 11 nitrogen and oxygen atoms in total. The maximum Gasteiger partial charge on any atom is 0.573 e. The summed E-state index contributed by atoms with van der Waals surface area (Å²) < 4.78 is 73.6. The number of rotatable bonds is 6. The number of nitrogens with zero attached hydrogens (tertiary/aromatic N) is 5. The Bertz CT molecular complexity index is 1320. The summed E-state index contributed by atoms with van der Waals surface area (Å²) in [6, 6.07) is 2.10. The Balaban J connectivity index is 1.58. The van der Waals surface area contributed by atoms with E-state index in [1.165, 1.54) is 24.6 Å². The summed E-state index contributed by atoms with van der Waals surface area (Å²) in [7, 11) is -2.90. The molecule has 3 heterocycles. The minimum absolute atomic E-state index is 0.126. The van der Waals surface area contributed by atoms with Crippen LogP contribution in [-0.2, 0) is 14.8 Å². The Labute approximate surface area is 194 Å². The number of carboxylic acid groups (broad SMARTS) is 1. The number of piperazine rings is 1. The van der Waals surface area contributed by atoms with E-state index in [2.05, 4.69) is 19.9 Å². The lowest BCUT2D eigenvalue weighted by molar-refractivity contribution is -0.274. The molecule has 0 aliphatic carbocycles. The average Bonchev–Trinajstić information content (AvgIpc) is 3.22. The van der Waals surface area contributed by atoms with Gasteiger partial charge in [-0.15, -0.1) is 18.3 Å². The van der Waals surface area contributed by atoms with Crippen molar-refractivity contribution in [3.63, 3.8) is 0 Å². The second-order valence-electron chi connectivity index (χ2n) is 7.00. The number of carboxylic acids is 1. The van der Waals surface area contributed by atoms with Crippen molar-refractivity contribution in [2.45, 2.75) is 17.3 Å². The Morgan fingerprint density at radius 3 is 2.56 bits per heavy atom. The molecule has 0 amide bonds. The summed E-state index contributed by atoms with van der Waals surface area (Å²) in [4.78, 5) is 17.7. The smallest absolute Gasteiger partial charge is 0.480 e. The monoisotopic (exact) mass is 519 g/mol. The Morgan fingerprint density at radius 1 is 1.24 bits per heavy atom. The summed E-state index contributed by atoms with van der Waals surface area (Å²) in [5.74, 6) is -1.72. The number of anilines is 1. The van der Waals surface area contributed by atoms with Crippen molar-refractivity contribution < 1.29 is 41.0 Å². The number of carbonyl (C=O) groups is 1. The number of fused-ring (bicyclic) bond motifs is 1. The first-order valence-corrected chi connectivity index (χ1v) is 11.8. The number of hydrogen-bond donors (Lipinski definition) is 1. The fourth-order valence-corrected chi connectivity index (χ4v) is 5.99. The highest BCUT2D eigenvalue weighted by molar-refractivity contribution is 7.89. The van der Waals surface area contributed by atoms with E-state index in [1.54, 1.807) is 4.90 Å². The third kappa shape index (κ3) is 4.69. The van der Waals surface area contributed by atoms with Crippen LogP contribution in [0, 0.1) is 0 Å². The van der Waals surface area contributed by atoms with Crippen molar-refractivity contribution in [3.05, 3.63) is 30.5 Å². The molecule has 1 fully saturated rings. The molecule has 0 spiro atoms. The van der Waals surface area contributed by atoms with E-state index in [-0.39, 0.29) is 30.4 Å². The minimum atomic E-state index is -4.93. The normalized spacial score (nSPS) is 17.6. The molecule has 3 aromatic rings. The van der Waals surface area contributed by atoms with Crippen molar-refractivity contribution in [1.29, 1.82) is 0 Å². The van der Waals surface area contributed by atoms with E-state index in [1.807, 2.05) is 0 Å². The van der Waals surface area contributed by atoms with Gasteiger partial charge in [-0.25, -0.2) is 13.4 Å². The number of aromatic nitrogens is 3. The highest BCUT2D eigenvalue weighted by Gasteiger charge is 2.41. The van der Waals surface area contributed by atoms with Gasteiger partial charge < -0.3 is 19.5 Å². The van der Waals surface area contributed by atoms with Crippen LogP contribution >= 0.6 is 11.3 Å². The molecular weight excluding hydrogens is 503 g/mol. The Morgan fingerprint density at radius 2 is 1.94 bits per heavy atom. The van der Waals surface area contributed by atoms with Crippen LogP contribution in [0.25, 0.3) is 10.2 Å². The molecule has 1 saturated heterocycles. The van der Waals surface area contributed by atoms with Crippen molar-refractivity contribution in [2.75, 3.05) is 31.6 Å². The van der Waals surface area contributed by atoms with Gasteiger partial charge in [-0.3, -0.25) is 4.79 Å². The van der Waals surface area contributed by atoms with E-state index < -0.39 is 34.1 Å². The van der Waals surface area contributed by atoms with Crippen LogP contribution in [0.3, 0.4) is 0 Å². The van der Waals surface area contributed by atoms with Gasteiger partial charge in [0.2, 0.25) is 10.0 Å². The zero-order valence-electron chi connectivity index (χ0n) is 17.3. The summed E-state index contributed by atoms with van der Waals surface area (Å²) >= 11 is 1.20. The first kappa shape index (κ1) is 23.9. The van der Waals surface area contributed by atoms with E-state index in [0.29, 0.717) is 15.3 Å². The fourth-order valence-electron chi connectivity index (χ4n) is 3.39. The molecule has 1 atom stereocenters. The third-order valence-corrected chi connectivity index (χ3v) is 7.95. The lowest BCUT2D eigenvalue weighted by atomic mass is 10.2. The predicted octanol–water partition coefficient (Wildman–Crippen LogP) is 1.96. The molecule has 4 rings (SSSR count). The van der Waals surface area contributed by atoms with E-state index in [9.17, 15) is 31.5 Å². The van der Waals surface area contributed by atoms with Crippen LogP contribution in [-0.4, -0.2) is 78.1 Å². The van der Waals surface area contributed by atoms with E-state index in [4.69, 9.17) is 4.74 Å². The number of methoxy groups -OCH3 is 1. The van der Waals surface area contributed by atoms with Crippen LogP contribution in [0.15, 0.2) is 35.4 Å². The van der Waals surface area contributed by atoms with Crippen molar-refractivity contribution in [1.82, 2.24) is 19.5 Å². The van der Waals surface area contributed by atoms with Crippen LogP contribution in [0.1, 0.15) is 0 Å². The highest BCUT2D eigenvalue weighted by Crippen LogP contribution is 2.35. The summed E-state index contributed by atoms with van der Waals surface area (Å²) in [6.45, 7) is -0.266. The number of alkyl halides is 3. The second kappa shape index (κ2) is 8.84. The molecule has 0 unspecified atom stereocenters. The molecule has 0 bridgehead atoms. The Hall–Kier alpha value is -3.24. The van der Waals surface area contributed by atoms with Crippen molar-refractivity contribution >= 4 is 42.7 Å². The van der Waals surface area contributed by atoms with Crippen LogP contribution < -0.4 is 14.4 Å². The quantitative estimate of drug-likeness (QED) is 0.515. The zero-order valence-corrected chi connectivity index (χ0v) is 18.9. The topological polar surface area (TPSA) is 135 Å². The number of benzene rings is 1. The van der Waals surface area contributed by atoms with Gasteiger partial charge in [0.15, 0.2) is 5.13 Å².